The smallest absolute Gasteiger partial charge is 0.231 e. The minimum Gasteiger partial charge on any atom is -0.454 e. The first-order chi connectivity index (χ1) is 16.4. The van der Waals surface area contributed by atoms with E-state index in [2.05, 4.69) is 35.8 Å². The van der Waals surface area contributed by atoms with Gasteiger partial charge in [-0.2, -0.15) is 0 Å². The number of hydrogen-bond acceptors (Lipinski definition) is 5. The first-order valence-electron chi connectivity index (χ1n) is 12.3. The summed E-state index contributed by atoms with van der Waals surface area (Å²) in [6, 6.07) is 14.7. The van der Waals surface area contributed by atoms with Crippen LogP contribution < -0.4 is 15.2 Å². The predicted molar refractivity (Wildman–Crippen MR) is 136 cm³/mol. The number of benzene rings is 2. The zero-order valence-electron chi connectivity index (χ0n) is 20.1. The second kappa shape index (κ2) is 9.03. The third-order valence-electron chi connectivity index (χ3n) is 8.26. The summed E-state index contributed by atoms with van der Waals surface area (Å²) in [5.74, 6) is 2.50. The molecular weight excluding hydrogens is 464 g/mol. The number of amidine groups is 1. The lowest BCUT2D eigenvalue weighted by Gasteiger charge is -2.35. The second-order valence-corrected chi connectivity index (χ2v) is 10.4. The van der Waals surface area contributed by atoms with Gasteiger partial charge in [0.2, 0.25) is 12.7 Å². The van der Waals surface area contributed by atoms with Gasteiger partial charge in [-0.05, 0) is 48.6 Å². The van der Waals surface area contributed by atoms with E-state index in [1.54, 1.807) is 0 Å². The van der Waals surface area contributed by atoms with Gasteiger partial charge < -0.3 is 20.1 Å². The first-order valence-corrected chi connectivity index (χ1v) is 12.3. The molecule has 0 saturated carbocycles. The van der Waals surface area contributed by atoms with Crippen molar-refractivity contribution in [1.82, 2.24) is 9.80 Å². The summed E-state index contributed by atoms with van der Waals surface area (Å²) in [7, 11) is 0. The zero-order valence-corrected chi connectivity index (χ0v) is 21.0. The number of carbonyl (C=O) groups excluding carboxylic acids is 1. The standard InChI is InChI=1S/C27H32N4O3.ClH/c1-15(2)24-22-19-4-3-11-30(19)25(17-6-8-18(9-7-17)26(28)29)23(22)27(32)31(24)13-16-5-10-20-21(12-16)34-14-33-20;/h5-10,12,15,19,22-25H,3-4,11,13-14H2,1-2H3,(H3,28,29);1H/t19-,22-,23-,24+,25-;/m0./s1. The van der Waals surface area contributed by atoms with Crippen molar-refractivity contribution in [3.8, 4) is 11.5 Å². The average molecular weight is 497 g/mol. The normalized spacial score (nSPS) is 28.8. The number of amides is 1. The molecule has 0 radical (unpaired) electrons. The van der Waals surface area contributed by atoms with E-state index < -0.39 is 0 Å². The topological polar surface area (TPSA) is 91.9 Å². The van der Waals surface area contributed by atoms with E-state index in [-0.39, 0.29) is 48.9 Å². The third-order valence-corrected chi connectivity index (χ3v) is 8.26. The molecule has 5 atom stereocenters. The summed E-state index contributed by atoms with van der Waals surface area (Å²) in [6.07, 6.45) is 2.33. The SMILES string of the molecule is CC(C)[C@@H]1[C@@H]2[C@H](C(=O)N1Cc1ccc3c(c1)OCO3)[C@H](c1ccc(C(=N)N)cc1)N1CCC[C@@H]21.Cl. The molecule has 4 aliphatic rings. The molecule has 0 aliphatic carbocycles. The highest BCUT2D eigenvalue weighted by Gasteiger charge is 2.62. The molecule has 3 saturated heterocycles. The number of likely N-dealkylation sites (tertiary alicyclic amines) is 1. The molecule has 4 aliphatic heterocycles. The van der Waals surface area contributed by atoms with Gasteiger partial charge in [-0.3, -0.25) is 15.1 Å². The molecule has 2 aromatic rings. The van der Waals surface area contributed by atoms with Crippen molar-refractivity contribution in [3.05, 3.63) is 59.2 Å². The van der Waals surface area contributed by atoms with E-state index in [0.29, 0.717) is 24.4 Å². The van der Waals surface area contributed by atoms with Crippen LogP contribution in [0.2, 0.25) is 0 Å². The Morgan fingerprint density at radius 3 is 2.60 bits per heavy atom. The third kappa shape index (κ3) is 3.76. The number of halogens is 1. The molecule has 1 amide bonds. The van der Waals surface area contributed by atoms with Crippen molar-refractivity contribution in [2.75, 3.05) is 13.3 Å². The van der Waals surface area contributed by atoms with E-state index in [1.807, 2.05) is 30.3 Å². The van der Waals surface area contributed by atoms with Crippen LogP contribution in [0, 0.1) is 23.2 Å². The molecule has 6 rings (SSSR count). The van der Waals surface area contributed by atoms with Crippen LogP contribution in [0.15, 0.2) is 42.5 Å². The average Bonchev–Trinajstić information content (AvgIpc) is 3.57. The summed E-state index contributed by atoms with van der Waals surface area (Å²) in [6.45, 7) is 6.38. The van der Waals surface area contributed by atoms with Gasteiger partial charge in [0.05, 0.1) is 5.92 Å². The van der Waals surface area contributed by atoms with Gasteiger partial charge in [0, 0.05) is 36.2 Å². The van der Waals surface area contributed by atoms with Gasteiger partial charge >= 0.3 is 0 Å². The molecular formula is C27H33ClN4O3. The fraction of sp³-hybridized carbons (Fsp3) is 0.481. The van der Waals surface area contributed by atoms with Crippen molar-refractivity contribution in [2.45, 2.75) is 51.4 Å². The summed E-state index contributed by atoms with van der Waals surface area (Å²) in [5, 5.41) is 7.73. The molecule has 3 N–H and O–H groups in total. The minimum atomic E-state index is -0.0464. The van der Waals surface area contributed by atoms with Gasteiger partial charge in [0.15, 0.2) is 11.5 Å². The lowest BCUT2D eigenvalue weighted by atomic mass is 9.79. The fourth-order valence-electron chi connectivity index (χ4n) is 7.00. The van der Waals surface area contributed by atoms with E-state index in [1.165, 1.54) is 6.42 Å². The highest BCUT2D eigenvalue weighted by Crippen LogP contribution is 2.56. The lowest BCUT2D eigenvalue weighted by Crippen LogP contribution is -2.44. The molecule has 0 spiro atoms. The number of fused-ring (bicyclic) bond motifs is 4. The fourth-order valence-corrected chi connectivity index (χ4v) is 7.00. The van der Waals surface area contributed by atoms with E-state index in [9.17, 15) is 4.79 Å². The molecule has 4 heterocycles. The lowest BCUT2D eigenvalue weighted by molar-refractivity contribution is -0.134. The van der Waals surface area contributed by atoms with Crippen LogP contribution in [-0.4, -0.2) is 47.0 Å². The highest BCUT2D eigenvalue weighted by molar-refractivity contribution is 5.95. The van der Waals surface area contributed by atoms with Crippen LogP contribution in [0.25, 0.3) is 0 Å². The Morgan fingerprint density at radius 2 is 1.89 bits per heavy atom. The van der Waals surface area contributed by atoms with Crippen molar-refractivity contribution in [1.29, 1.82) is 5.41 Å². The highest BCUT2D eigenvalue weighted by atomic mass is 35.5. The summed E-state index contributed by atoms with van der Waals surface area (Å²) in [4.78, 5) is 18.8. The van der Waals surface area contributed by atoms with Crippen LogP contribution in [-0.2, 0) is 11.3 Å². The molecule has 8 heteroatoms. The maximum atomic E-state index is 14.1. The number of nitrogens with one attached hydrogen (secondary N) is 1. The molecule has 7 nitrogen and oxygen atoms in total. The van der Waals surface area contributed by atoms with Crippen molar-refractivity contribution in [2.24, 2.45) is 23.5 Å². The van der Waals surface area contributed by atoms with Crippen molar-refractivity contribution < 1.29 is 14.3 Å². The molecule has 0 bridgehead atoms. The quantitative estimate of drug-likeness (QED) is 0.483. The zero-order chi connectivity index (χ0) is 23.6. The minimum absolute atomic E-state index is 0. The Kier molecular flexibility index (Phi) is 6.18. The predicted octanol–water partition coefficient (Wildman–Crippen LogP) is 3.94. The van der Waals surface area contributed by atoms with E-state index in [4.69, 9.17) is 20.6 Å². The van der Waals surface area contributed by atoms with Crippen LogP contribution in [0.3, 0.4) is 0 Å². The second-order valence-electron chi connectivity index (χ2n) is 10.4. The molecule has 2 aromatic carbocycles. The number of rotatable bonds is 5. The van der Waals surface area contributed by atoms with Crippen LogP contribution >= 0.6 is 12.4 Å². The van der Waals surface area contributed by atoms with Crippen LogP contribution in [0.5, 0.6) is 11.5 Å². The van der Waals surface area contributed by atoms with Gasteiger partial charge in [0.25, 0.3) is 0 Å². The molecule has 3 fully saturated rings. The maximum absolute atomic E-state index is 14.1. The van der Waals surface area contributed by atoms with Gasteiger partial charge in [-0.25, -0.2) is 0 Å². The first kappa shape index (κ1) is 23.9. The Balaban J connectivity index is 0.00000253. The van der Waals surface area contributed by atoms with Crippen molar-refractivity contribution >= 4 is 24.1 Å². The van der Waals surface area contributed by atoms with Gasteiger partial charge in [-0.1, -0.05) is 44.2 Å². The summed E-state index contributed by atoms with van der Waals surface area (Å²) >= 11 is 0. The number of nitrogens with zero attached hydrogens (tertiary/aromatic N) is 2. The Morgan fingerprint density at radius 1 is 1.14 bits per heavy atom. The van der Waals surface area contributed by atoms with Crippen LogP contribution in [0.4, 0.5) is 0 Å². The van der Waals surface area contributed by atoms with Gasteiger partial charge in [0.1, 0.15) is 5.84 Å². The number of hydrogen-bond donors (Lipinski definition) is 2. The Bertz CT molecular complexity index is 1140. The van der Waals surface area contributed by atoms with Gasteiger partial charge in [-0.15, -0.1) is 12.4 Å². The van der Waals surface area contributed by atoms with Crippen LogP contribution in [0.1, 0.15) is 49.4 Å². The maximum Gasteiger partial charge on any atom is 0.231 e. The largest absolute Gasteiger partial charge is 0.454 e. The number of nitrogen functional groups attached to an aromatic ring is 1. The Labute approximate surface area is 212 Å². The summed E-state index contributed by atoms with van der Waals surface area (Å²) in [5.41, 5.74) is 8.64. The molecule has 186 valence electrons. The monoisotopic (exact) mass is 496 g/mol. The molecule has 0 unspecified atom stereocenters. The summed E-state index contributed by atoms with van der Waals surface area (Å²) < 4.78 is 11.0. The van der Waals surface area contributed by atoms with E-state index in [0.717, 1.165) is 41.2 Å². The Hall–Kier alpha value is -2.77. The van der Waals surface area contributed by atoms with E-state index >= 15 is 0 Å². The molecule has 35 heavy (non-hydrogen) atoms. The number of ether oxygens (including phenoxy) is 2. The number of carbonyl (C=O) groups is 1. The number of nitrogens with two attached hydrogens (primary N) is 1. The molecule has 0 aromatic heterocycles. The van der Waals surface area contributed by atoms with Crippen molar-refractivity contribution in [3.63, 3.8) is 0 Å².